The van der Waals surface area contributed by atoms with Gasteiger partial charge in [0.1, 0.15) is 0 Å². The quantitative estimate of drug-likeness (QED) is 0.854. The summed E-state index contributed by atoms with van der Waals surface area (Å²) in [5.41, 5.74) is 1.21. The minimum Gasteiger partial charge on any atom is -0.322 e. The molecule has 0 spiro atoms. The van der Waals surface area contributed by atoms with Crippen molar-refractivity contribution in [3.8, 4) is 0 Å². The minimum atomic E-state index is -4.40. The largest absolute Gasteiger partial charge is 0.416 e. The van der Waals surface area contributed by atoms with Crippen molar-refractivity contribution in [2.75, 3.05) is 5.32 Å². The maximum atomic E-state index is 12.5. The third-order valence-corrected chi connectivity index (χ3v) is 3.22. The first kappa shape index (κ1) is 16.1. The number of carbonyl (C=O) groups is 1. The third-order valence-electron chi connectivity index (χ3n) is 3.22. The van der Waals surface area contributed by atoms with Gasteiger partial charge in [0.15, 0.2) is 0 Å². The number of carbonyl (C=O) groups excluding carboxylic acids is 1. The number of anilines is 1. The zero-order valence-electron chi connectivity index (χ0n) is 12.1. The topological polar surface area (TPSA) is 29.1 Å². The molecule has 0 aliphatic heterocycles. The molecule has 0 fully saturated rings. The van der Waals surface area contributed by atoms with Crippen LogP contribution in [0, 0.1) is 0 Å². The predicted molar refractivity (Wildman–Crippen MR) is 79.8 cm³/mol. The molecule has 0 saturated carbocycles. The molecule has 2 nitrogen and oxygen atoms in total. The van der Waals surface area contributed by atoms with E-state index in [2.05, 4.69) is 12.2 Å². The van der Waals surface area contributed by atoms with E-state index in [9.17, 15) is 18.0 Å². The molecule has 0 bridgehead atoms. The lowest BCUT2D eigenvalue weighted by Gasteiger charge is -2.09. The maximum absolute atomic E-state index is 12.5. The second-order valence-corrected chi connectivity index (χ2v) is 4.98. The molecule has 0 radical (unpaired) electrons. The van der Waals surface area contributed by atoms with E-state index in [-0.39, 0.29) is 5.56 Å². The van der Waals surface area contributed by atoms with Crippen molar-refractivity contribution in [2.24, 2.45) is 0 Å². The smallest absolute Gasteiger partial charge is 0.322 e. The molecular weight excluding hydrogens is 291 g/mol. The molecule has 2 rings (SSSR count). The van der Waals surface area contributed by atoms with E-state index < -0.39 is 17.6 Å². The Balaban J connectivity index is 2.05. The predicted octanol–water partition coefficient (Wildman–Crippen LogP) is 4.91. The summed E-state index contributed by atoms with van der Waals surface area (Å²) >= 11 is 0. The lowest BCUT2D eigenvalue weighted by atomic mass is 10.1. The average Bonchev–Trinajstić information content (AvgIpc) is 2.49. The number of amides is 1. The van der Waals surface area contributed by atoms with Crippen LogP contribution in [0.25, 0.3) is 0 Å². The number of hydrogen-bond acceptors (Lipinski definition) is 1. The van der Waals surface area contributed by atoms with Crippen LogP contribution in [0.15, 0.2) is 48.5 Å². The van der Waals surface area contributed by atoms with Gasteiger partial charge in [0.2, 0.25) is 0 Å². The fourth-order valence-corrected chi connectivity index (χ4v) is 2.06. The molecule has 0 aromatic heterocycles. The van der Waals surface area contributed by atoms with Crippen molar-refractivity contribution in [1.29, 1.82) is 0 Å². The van der Waals surface area contributed by atoms with Crippen molar-refractivity contribution in [3.63, 3.8) is 0 Å². The number of aryl methyl sites for hydroxylation is 1. The van der Waals surface area contributed by atoms with Gasteiger partial charge in [-0.1, -0.05) is 25.5 Å². The first-order chi connectivity index (χ1) is 10.4. The molecule has 2 aromatic carbocycles. The van der Waals surface area contributed by atoms with E-state index in [1.54, 1.807) is 12.1 Å². The van der Waals surface area contributed by atoms with Gasteiger partial charge in [0, 0.05) is 11.3 Å². The highest BCUT2D eigenvalue weighted by atomic mass is 19.4. The lowest BCUT2D eigenvalue weighted by molar-refractivity contribution is -0.137. The highest BCUT2D eigenvalue weighted by Gasteiger charge is 2.30. The van der Waals surface area contributed by atoms with E-state index in [4.69, 9.17) is 0 Å². The molecule has 0 unspecified atom stereocenters. The number of hydrogen-bond donors (Lipinski definition) is 1. The summed E-state index contributed by atoms with van der Waals surface area (Å²) < 4.78 is 37.4. The van der Waals surface area contributed by atoms with Gasteiger partial charge in [-0.25, -0.2) is 0 Å². The molecule has 0 heterocycles. The minimum absolute atomic E-state index is 0.186. The van der Waals surface area contributed by atoms with E-state index >= 15 is 0 Å². The van der Waals surface area contributed by atoms with Gasteiger partial charge in [-0.2, -0.15) is 13.2 Å². The van der Waals surface area contributed by atoms with Crippen LogP contribution in [-0.2, 0) is 12.6 Å². The van der Waals surface area contributed by atoms with Crippen molar-refractivity contribution < 1.29 is 18.0 Å². The molecular formula is C17H16F3NO. The second kappa shape index (κ2) is 6.64. The van der Waals surface area contributed by atoms with Crippen LogP contribution in [0.2, 0.25) is 0 Å². The van der Waals surface area contributed by atoms with Gasteiger partial charge >= 0.3 is 6.18 Å². The van der Waals surface area contributed by atoms with E-state index in [0.29, 0.717) is 5.69 Å². The highest BCUT2D eigenvalue weighted by Crippen LogP contribution is 2.29. The van der Waals surface area contributed by atoms with Crippen molar-refractivity contribution in [1.82, 2.24) is 0 Å². The maximum Gasteiger partial charge on any atom is 0.416 e. The summed E-state index contributed by atoms with van der Waals surface area (Å²) in [5, 5.41) is 2.67. The van der Waals surface area contributed by atoms with E-state index in [1.807, 2.05) is 12.1 Å². The Labute approximate surface area is 127 Å². The Kier molecular flexibility index (Phi) is 4.85. The lowest BCUT2D eigenvalue weighted by Crippen LogP contribution is -2.12. The number of rotatable bonds is 4. The van der Waals surface area contributed by atoms with Crippen LogP contribution in [-0.4, -0.2) is 5.91 Å². The SMILES string of the molecule is CCCc1ccc(NC(=O)c2ccc(C(F)(F)F)cc2)cc1. The van der Waals surface area contributed by atoms with Gasteiger partial charge in [-0.05, 0) is 48.4 Å². The summed E-state index contributed by atoms with van der Waals surface area (Å²) in [6.07, 6.45) is -2.39. The van der Waals surface area contributed by atoms with Crippen LogP contribution in [0.3, 0.4) is 0 Å². The molecule has 0 aliphatic carbocycles. The molecule has 1 amide bonds. The second-order valence-electron chi connectivity index (χ2n) is 4.98. The zero-order chi connectivity index (χ0) is 16.2. The van der Waals surface area contributed by atoms with Crippen LogP contribution in [0.1, 0.15) is 34.8 Å². The van der Waals surface area contributed by atoms with Gasteiger partial charge < -0.3 is 5.32 Å². The summed E-state index contributed by atoms with van der Waals surface area (Å²) in [7, 11) is 0. The summed E-state index contributed by atoms with van der Waals surface area (Å²) in [5.74, 6) is -0.433. The fraction of sp³-hybridized carbons (Fsp3) is 0.235. The molecule has 0 aliphatic rings. The number of nitrogens with one attached hydrogen (secondary N) is 1. The Hall–Kier alpha value is -2.30. The highest BCUT2D eigenvalue weighted by molar-refractivity contribution is 6.04. The Bertz CT molecular complexity index is 630. The van der Waals surface area contributed by atoms with Gasteiger partial charge in [0.25, 0.3) is 5.91 Å². The summed E-state index contributed by atoms with van der Waals surface area (Å²) in [6, 6.07) is 11.6. The number of alkyl halides is 3. The monoisotopic (exact) mass is 307 g/mol. The standard InChI is InChI=1S/C17H16F3NO/c1-2-3-12-4-10-15(11-5-12)21-16(22)13-6-8-14(9-7-13)17(18,19)20/h4-11H,2-3H2,1H3,(H,21,22). The molecule has 0 atom stereocenters. The molecule has 5 heteroatoms. The molecule has 116 valence electrons. The third kappa shape index (κ3) is 4.10. The van der Waals surface area contributed by atoms with E-state index in [0.717, 1.165) is 25.0 Å². The average molecular weight is 307 g/mol. The van der Waals surface area contributed by atoms with Crippen molar-refractivity contribution >= 4 is 11.6 Å². The summed E-state index contributed by atoms with van der Waals surface area (Å²) in [4.78, 5) is 12.0. The van der Waals surface area contributed by atoms with Gasteiger partial charge in [-0.3, -0.25) is 4.79 Å². The van der Waals surface area contributed by atoms with Crippen LogP contribution < -0.4 is 5.32 Å². The van der Waals surface area contributed by atoms with Crippen molar-refractivity contribution in [3.05, 3.63) is 65.2 Å². The van der Waals surface area contributed by atoms with Crippen molar-refractivity contribution in [2.45, 2.75) is 25.9 Å². The molecule has 22 heavy (non-hydrogen) atoms. The Morgan fingerprint density at radius 1 is 1.00 bits per heavy atom. The first-order valence-corrected chi connectivity index (χ1v) is 6.97. The Morgan fingerprint density at radius 3 is 2.09 bits per heavy atom. The fourth-order valence-electron chi connectivity index (χ4n) is 2.06. The van der Waals surface area contributed by atoms with Gasteiger partial charge in [0.05, 0.1) is 5.56 Å². The van der Waals surface area contributed by atoms with Gasteiger partial charge in [-0.15, -0.1) is 0 Å². The number of halogens is 3. The molecule has 2 aromatic rings. The van der Waals surface area contributed by atoms with Crippen LogP contribution in [0.5, 0.6) is 0 Å². The van der Waals surface area contributed by atoms with E-state index in [1.165, 1.54) is 17.7 Å². The first-order valence-electron chi connectivity index (χ1n) is 6.97. The number of benzene rings is 2. The normalized spacial score (nSPS) is 11.3. The van der Waals surface area contributed by atoms with Crippen LogP contribution >= 0.6 is 0 Å². The summed E-state index contributed by atoms with van der Waals surface area (Å²) in [6.45, 7) is 2.08. The molecule has 0 saturated heterocycles. The van der Waals surface area contributed by atoms with Crippen LogP contribution in [0.4, 0.5) is 18.9 Å². The molecule has 1 N–H and O–H groups in total. The zero-order valence-corrected chi connectivity index (χ0v) is 12.1. The Morgan fingerprint density at radius 2 is 1.59 bits per heavy atom.